The Morgan fingerprint density at radius 3 is 2.91 bits per heavy atom. The van der Waals surface area contributed by atoms with Crippen molar-refractivity contribution in [1.29, 1.82) is 5.26 Å². The van der Waals surface area contributed by atoms with E-state index in [0.29, 0.717) is 34.0 Å². The van der Waals surface area contributed by atoms with Gasteiger partial charge < -0.3 is 14.6 Å². The predicted octanol–water partition coefficient (Wildman–Crippen LogP) is 3.50. The molecule has 8 nitrogen and oxygen atoms in total. The van der Waals surface area contributed by atoms with E-state index in [-0.39, 0.29) is 24.0 Å². The minimum Gasteiger partial charge on any atom is -0.385 e. The minimum absolute atomic E-state index is 0.211. The summed E-state index contributed by atoms with van der Waals surface area (Å²) in [6, 6.07) is 7.27. The van der Waals surface area contributed by atoms with Gasteiger partial charge in [-0.3, -0.25) is 14.6 Å². The Bertz CT molecular complexity index is 1320. The van der Waals surface area contributed by atoms with Crippen molar-refractivity contribution in [2.45, 2.75) is 12.5 Å². The molecular weight excluding hydrogens is 477 g/mol. The van der Waals surface area contributed by atoms with Crippen LogP contribution in [0, 0.1) is 11.3 Å². The van der Waals surface area contributed by atoms with Crippen LogP contribution in [0.25, 0.3) is 11.1 Å². The number of pyridine rings is 1. The Labute approximate surface area is 206 Å². The average Bonchev–Trinajstić information content (AvgIpc) is 3.29. The molecule has 0 aliphatic carbocycles. The first-order valence-electron chi connectivity index (χ1n) is 10.5. The van der Waals surface area contributed by atoms with Crippen LogP contribution < -0.4 is 16.3 Å². The summed E-state index contributed by atoms with van der Waals surface area (Å²) >= 11 is 12.6. The van der Waals surface area contributed by atoms with Gasteiger partial charge in [0.2, 0.25) is 5.91 Å². The summed E-state index contributed by atoms with van der Waals surface area (Å²) in [5.41, 5.74) is 5.37. The zero-order valence-corrected chi connectivity index (χ0v) is 19.7. The van der Waals surface area contributed by atoms with Gasteiger partial charge >= 0.3 is 0 Å². The highest BCUT2D eigenvalue weighted by molar-refractivity contribution is 6.33. The number of fused-ring (bicyclic) bond motifs is 1. The van der Waals surface area contributed by atoms with Crippen molar-refractivity contribution in [3.05, 3.63) is 92.2 Å². The lowest BCUT2D eigenvalue weighted by Crippen LogP contribution is -2.38. The van der Waals surface area contributed by atoms with Gasteiger partial charge in [0.15, 0.2) is 0 Å². The number of methoxy groups -OCH3 is 1. The molecule has 2 aliphatic rings. The lowest BCUT2D eigenvalue weighted by atomic mass is 10.0. The van der Waals surface area contributed by atoms with Gasteiger partial charge in [0.25, 0.3) is 5.56 Å². The van der Waals surface area contributed by atoms with Crippen molar-refractivity contribution in [3.8, 4) is 17.2 Å². The molecule has 34 heavy (non-hydrogen) atoms. The molecule has 0 bridgehead atoms. The summed E-state index contributed by atoms with van der Waals surface area (Å²) in [6.45, 7) is 0.961. The Morgan fingerprint density at radius 1 is 1.32 bits per heavy atom. The molecule has 0 saturated heterocycles. The van der Waals surface area contributed by atoms with Crippen molar-refractivity contribution >= 4 is 29.1 Å². The second kappa shape index (κ2) is 10.3. The molecule has 10 heteroatoms. The second-order valence-corrected chi connectivity index (χ2v) is 8.49. The van der Waals surface area contributed by atoms with E-state index in [1.807, 2.05) is 23.4 Å². The van der Waals surface area contributed by atoms with Gasteiger partial charge in [-0.05, 0) is 36.4 Å². The summed E-state index contributed by atoms with van der Waals surface area (Å²) in [5, 5.41) is 14.8. The van der Waals surface area contributed by atoms with Crippen LogP contribution in [0.15, 0.2) is 71.1 Å². The number of aromatic nitrogens is 1. The van der Waals surface area contributed by atoms with E-state index in [2.05, 4.69) is 16.8 Å². The van der Waals surface area contributed by atoms with Gasteiger partial charge in [-0.25, -0.2) is 5.43 Å². The van der Waals surface area contributed by atoms with Crippen molar-refractivity contribution in [1.82, 2.24) is 20.3 Å². The summed E-state index contributed by atoms with van der Waals surface area (Å²) in [6.07, 6.45) is 9.08. The highest BCUT2D eigenvalue weighted by atomic mass is 35.5. The van der Waals surface area contributed by atoms with Gasteiger partial charge in [0, 0.05) is 67.0 Å². The molecule has 1 aromatic heterocycles. The van der Waals surface area contributed by atoms with Crippen LogP contribution in [0.2, 0.25) is 10.0 Å². The molecule has 1 atom stereocenters. The fourth-order valence-electron chi connectivity index (χ4n) is 3.81. The number of nitriles is 1. The molecule has 0 saturated carbocycles. The Morgan fingerprint density at radius 2 is 2.15 bits per heavy atom. The monoisotopic (exact) mass is 497 g/mol. The number of ether oxygens (including phenoxy) is 1. The summed E-state index contributed by atoms with van der Waals surface area (Å²) in [5.74, 6) is -0.376. The molecule has 174 valence electrons. The number of hydrogen-bond donors (Lipinski definition) is 2. The van der Waals surface area contributed by atoms with E-state index in [4.69, 9.17) is 27.9 Å². The molecule has 0 fully saturated rings. The third kappa shape index (κ3) is 4.93. The molecule has 4 rings (SSSR count). The number of carbonyl (C=O) groups is 1. The van der Waals surface area contributed by atoms with E-state index in [1.54, 1.807) is 24.3 Å². The SMILES string of the molecule is COCCC(C(=O)NC1=CC2=CCNN2C=C1)n1cc(Cl)c(-c2cc(Cl)ccc2C#N)cc1=O. The van der Waals surface area contributed by atoms with Crippen LogP contribution in [0.3, 0.4) is 0 Å². The first-order valence-corrected chi connectivity index (χ1v) is 11.2. The van der Waals surface area contributed by atoms with Crippen LogP contribution in [0.5, 0.6) is 0 Å². The van der Waals surface area contributed by atoms with Gasteiger partial charge in [-0.15, -0.1) is 0 Å². The zero-order valence-electron chi connectivity index (χ0n) is 18.2. The molecule has 2 aliphatic heterocycles. The van der Waals surface area contributed by atoms with Gasteiger partial charge in [0.05, 0.1) is 22.4 Å². The summed E-state index contributed by atoms with van der Waals surface area (Å²) in [7, 11) is 1.52. The number of carbonyl (C=O) groups excluding carboxylic acids is 1. The van der Waals surface area contributed by atoms with Crippen molar-refractivity contribution in [3.63, 3.8) is 0 Å². The maximum Gasteiger partial charge on any atom is 0.251 e. The van der Waals surface area contributed by atoms with Gasteiger partial charge in [-0.1, -0.05) is 23.2 Å². The van der Waals surface area contributed by atoms with Crippen LogP contribution in [-0.4, -0.2) is 35.7 Å². The number of rotatable bonds is 7. The van der Waals surface area contributed by atoms with Crippen LogP contribution in [0.4, 0.5) is 0 Å². The fourth-order valence-corrected chi connectivity index (χ4v) is 4.24. The third-order valence-corrected chi connectivity index (χ3v) is 6.02. The first-order chi connectivity index (χ1) is 16.4. The molecule has 1 amide bonds. The Kier molecular flexibility index (Phi) is 7.20. The molecule has 2 N–H and O–H groups in total. The van der Waals surface area contributed by atoms with Crippen molar-refractivity contribution in [2.75, 3.05) is 20.3 Å². The van der Waals surface area contributed by atoms with Crippen molar-refractivity contribution < 1.29 is 9.53 Å². The second-order valence-electron chi connectivity index (χ2n) is 7.65. The Balaban J connectivity index is 1.67. The first kappa shape index (κ1) is 23.8. The van der Waals surface area contributed by atoms with E-state index in [1.165, 1.54) is 23.9 Å². The number of amides is 1. The highest BCUT2D eigenvalue weighted by Gasteiger charge is 2.25. The largest absolute Gasteiger partial charge is 0.385 e. The number of benzene rings is 1. The normalized spacial score (nSPS) is 15.3. The number of hydrazine groups is 1. The average molecular weight is 498 g/mol. The van der Waals surface area contributed by atoms with Crippen molar-refractivity contribution in [2.24, 2.45) is 0 Å². The number of hydrogen-bond acceptors (Lipinski definition) is 6. The minimum atomic E-state index is -0.864. The molecule has 1 aromatic carbocycles. The standard InChI is InChI=1S/C24H21Cl2N5O3/c1-34-9-6-22(24(33)29-17-5-8-31-18(11-17)4-7-28-31)30-14-21(26)20(12-23(30)32)19-10-16(25)3-2-15(19)13-27/h2-5,8,10-12,14,22,28H,6-7,9H2,1H3,(H,29,33). The fraction of sp³-hybridized carbons (Fsp3) is 0.208. The summed E-state index contributed by atoms with van der Waals surface area (Å²) in [4.78, 5) is 26.3. The zero-order chi connectivity index (χ0) is 24.2. The molecule has 0 spiro atoms. The van der Waals surface area contributed by atoms with Crippen LogP contribution in [0.1, 0.15) is 18.0 Å². The number of nitrogens with one attached hydrogen (secondary N) is 2. The highest BCUT2D eigenvalue weighted by Crippen LogP contribution is 2.32. The molecule has 1 unspecified atom stereocenters. The van der Waals surface area contributed by atoms with E-state index in [9.17, 15) is 14.9 Å². The third-order valence-electron chi connectivity index (χ3n) is 5.48. The predicted molar refractivity (Wildman–Crippen MR) is 130 cm³/mol. The lowest BCUT2D eigenvalue weighted by Gasteiger charge is -2.23. The molecule has 0 radical (unpaired) electrons. The van der Waals surface area contributed by atoms with Crippen LogP contribution >= 0.6 is 23.2 Å². The van der Waals surface area contributed by atoms with E-state index < -0.39 is 11.6 Å². The molecule has 2 aromatic rings. The Hall–Kier alpha value is -3.35. The lowest BCUT2D eigenvalue weighted by molar-refractivity contribution is -0.124. The maximum absolute atomic E-state index is 13.2. The van der Waals surface area contributed by atoms with E-state index in [0.717, 1.165) is 5.70 Å². The molecule has 3 heterocycles. The van der Waals surface area contributed by atoms with Gasteiger partial charge in [-0.2, -0.15) is 5.26 Å². The maximum atomic E-state index is 13.2. The summed E-state index contributed by atoms with van der Waals surface area (Å²) < 4.78 is 6.45. The van der Waals surface area contributed by atoms with Crippen LogP contribution in [-0.2, 0) is 9.53 Å². The van der Waals surface area contributed by atoms with E-state index >= 15 is 0 Å². The quantitative estimate of drug-likeness (QED) is 0.607. The number of allylic oxidation sites excluding steroid dienone is 2. The number of halogens is 2. The topological polar surface area (TPSA) is 99.4 Å². The van der Waals surface area contributed by atoms with Gasteiger partial charge in [0.1, 0.15) is 6.04 Å². The molecular formula is C24H21Cl2N5O3. The number of nitrogens with zero attached hydrogens (tertiary/aromatic N) is 3. The smallest absolute Gasteiger partial charge is 0.251 e.